The van der Waals surface area contributed by atoms with Gasteiger partial charge in [-0.05, 0) is 31.0 Å². The fraction of sp³-hybridized carbons (Fsp3) is 0.571. The first-order valence-electron chi connectivity index (χ1n) is 7.07. The van der Waals surface area contributed by atoms with Crippen molar-refractivity contribution >= 4 is 21.4 Å². The van der Waals surface area contributed by atoms with Crippen molar-refractivity contribution in [1.29, 1.82) is 0 Å². The van der Waals surface area contributed by atoms with Crippen molar-refractivity contribution in [2.45, 2.75) is 56.9 Å². The Labute approximate surface area is 121 Å². The quantitative estimate of drug-likeness (QED) is 0.643. The molecule has 5 nitrogen and oxygen atoms in total. The van der Waals surface area contributed by atoms with Crippen LogP contribution in [0.2, 0.25) is 0 Å². The summed E-state index contributed by atoms with van der Waals surface area (Å²) in [4.78, 5) is 0.0649. The van der Waals surface area contributed by atoms with E-state index in [9.17, 15) is 8.42 Å². The van der Waals surface area contributed by atoms with Gasteiger partial charge in [-0.1, -0.05) is 33.1 Å². The summed E-state index contributed by atoms with van der Waals surface area (Å²) in [7, 11) is -3.78. The summed E-state index contributed by atoms with van der Waals surface area (Å²) < 4.78 is 23.3. The van der Waals surface area contributed by atoms with Crippen molar-refractivity contribution in [1.82, 2.24) is 0 Å². The number of nitrogens with two attached hydrogens (primary N) is 2. The fourth-order valence-corrected chi connectivity index (χ4v) is 2.93. The molecule has 20 heavy (non-hydrogen) atoms. The van der Waals surface area contributed by atoms with Gasteiger partial charge in [0.1, 0.15) is 4.90 Å². The zero-order valence-electron chi connectivity index (χ0n) is 12.2. The normalized spacial score (nSPS) is 13.2. The molecule has 0 aliphatic heterocycles. The molecule has 1 rings (SSSR count). The molecule has 0 bridgehead atoms. The lowest BCUT2D eigenvalue weighted by molar-refractivity contribution is 0.562. The maximum Gasteiger partial charge on any atom is 0.240 e. The maximum absolute atomic E-state index is 11.6. The Morgan fingerprint density at radius 3 is 2.45 bits per heavy atom. The second-order valence-electron chi connectivity index (χ2n) is 5.07. The first-order valence-corrected chi connectivity index (χ1v) is 8.62. The van der Waals surface area contributed by atoms with E-state index < -0.39 is 10.0 Å². The first-order chi connectivity index (χ1) is 9.38. The molecule has 1 atom stereocenters. The minimum Gasteiger partial charge on any atom is -0.399 e. The second kappa shape index (κ2) is 7.50. The minimum atomic E-state index is -3.78. The monoisotopic (exact) mass is 299 g/mol. The fourth-order valence-electron chi connectivity index (χ4n) is 2.20. The van der Waals surface area contributed by atoms with Gasteiger partial charge in [-0.3, -0.25) is 0 Å². The van der Waals surface area contributed by atoms with E-state index in [1.807, 2.05) is 0 Å². The van der Waals surface area contributed by atoms with E-state index in [0.717, 1.165) is 32.1 Å². The topological polar surface area (TPSA) is 98.2 Å². The lowest BCUT2D eigenvalue weighted by atomic mass is 10.0. The number of nitrogens with one attached hydrogen (secondary N) is 1. The molecular formula is C14H25N3O2S. The molecule has 0 spiro atoms. The smallest absolute Gasteiger partial charge is 0.240 e. The summed E-state index contributed by atoms with van der Waals surface area (Å²) in [5.74, 6) is 0. The number of hydrogen-bond acceptors (Lipinski definition) is 4. The molecule has 0 aliphatic carbocycles. The number of rotatable bonds is 8. The molecular weight excluding hydrogens is 274 g/mol. The number of primary sulfonamides is 1. The number of sulfonamides is 1. The third kappa shape index (κ3) is 5.02. The molecule has 0 fully saturated rings. The molecule has 0 saturated heterocycles. The van der Waals surface area contributed by atoms with Gasteiger partial charge in [-0.15, -0.1) is 0 Å². The summed E-state index contributed by atoms with van der Waals surface area (Å²) in [6.45, 7) is 4.26. The van der Waals surface area contributed by atoms with Gasteiger partial charge in [-0.2, -0.15) is 0 Å². The number of hydrogen-bond donors (Lipinski definition) is 3. The Morgan fingerprint density at radius 1 is 1.20 bits per heavy atom. The lowest BCUT2D eigenvalue weighted by Gasteiger charge is -2.21. The summed E-state index contributed by atoms with van der Waals surface area (Å²) >= 11 is 0. The van der Waals surface area contributed by atoms with E-state index in [-0.39, 0.29) is 10.9 Å². The van der Waals surface area contributed by atoms with Crippen LogP contribution in [-0.2, 0) is 10.0 Å². The summed E-state index contributed by atoms with van der Waals surface area (Å²) in [5.41, 5.74) is 6.57. The van der Waals surface area contributed by atoms with Gasteiger partial charge in [0.05, 0.1) is 5.69 Å². The van der Waals surface area contributed by atoms with Crippen LogP contribution in [0.25, 0.3) is 0 Å². The van der Waals surface area contributed by atoms with E-state index >= 15 is 0 Å². The highest BCUT2D eigenvalue weighted by Gasteiger charge is 2.17. The highest BCUT2D eigenvalue weighted by atomic mass is 32.2. The summed E-state index contributed by atoms with van der Waals surface area (Å²) in [6.07, 6.45) is 5.28. The third-order valence-corrected chi connectivity index (χ3v) is 4.17. The second-order valence-corrected chi connectivity index (χ2v) is 6.60. The predicted molar refractivity (Wildman–Crippen MR) is 84.1 cm³/mol. The van der Waals surface area contributed by atoms with Gasteiger partial charge in [0.25, 0.3) is 0 Å². The van der Waals surface area contributed by atoms with E-state index in [0.29, 0.717) is 11.4 Å². The standard InChI is InChI=1S/C14H25N3O2S/c1-3-5-7-12(6-4-2)17-13-9-8-11(15)10-14(13)20(16,18)19/h8-10,12,17H,3-7,15H2,1-2H3,(H2,16,18,19). The minimum absolute atomic E-state index is 0.0649. The maximum atomic E-state index is 11.6. The molecule has 1 aromatic carbocycles. The van der Waals surface area contributed by atoms with Gasteiger partial charge >= 0.3 is 0 Å². The third-order valence-electron chi connectivity index (χ3n) is 3.22. The summed E-state index contributed by atoms with van der Waals surface area (Å²) in [6, 6.07) is 5.02. The zero-order valence-corrected chi connectivity index (χ0v) is 13.0. The Balaban J connectivity index is 3.00. The van der Waals surface area contributed by atoms with Gasteiger partial charge < -0.3 is 11.1 Å². The highest BCUT2D eigenvalue weighted by molar-refractivity contribution is 7.89. The van der Waals surface area contributed by atoms with Crippen molar-refractivity contribution in [3.63, 3.8) is 0 Å². The molecule has 1 aromatic rings. The van der Waals surface area contributed by atoms with Crippen molar-refractivity contribution in [2.24, 2.45) is 5.14 Å². The number of benzene rings is 1. The Morgan fingerprint density at radius 2 is 1.90 bits per heavy atom. The zero-order chi connectivity index (χ0) is 15.2. The molecule has 1 unspecified atom stereocenters. The van der Waals surface area contributed by atoms with Crippen molar-refractivity contribution < 1.29 is 8.42 Å². The molecule has 0 saturated carbocycles. The van der Waals surface area contributed by atoms with Gasteiger partial charge in [0.2, 0.25) is 10.0 Å². The molecule has 5 N–H and O–H groups in total. The number of anilines is 2. The van der Waals surface area contributed by atoms with E-state index in [1.165, 1.54) is 6.07 Å². The van der Waals surface area contributed by atoms with Crippen LogP contribution in [0.1, 0.15) is 46.0 Å². The Kier molecular flexibility index (Phi) is 6.29. The molecule has 0 heterocycles. The summed E-state index contributed by atoms with van der Waals surface area (Å²) in [5, 5.41) is 8.56. The van der Waals surface area contributed by atoms with Crippen LogP contribution in [0.3, 0.4) is 0 Å². The van der Waals surface area contributed by atoms with E-state index in [1.54, 1.807) is 12.1 Å². The van der Waals surface area contributed by atoms with Crippen molar-refractivity contribution in [3.05, 3.63) is 18.2 Å². The largest absolute Gasteiger partial charge is 0.399 e. The molecule has 114 valence electrons. The van der Waals surface area contributed by atoms with E-state index in [2.05, 4.69) is 19.2 Å². The molecule has 0 radical (unpaired) electrons. The lowest BCUT2D eigenvalue weighted by Crippen LogP contribution is -2.22. The molecule has 0 aromatic heterocycles. The molecule has 6 heteroatoms. The first kappa shape index (κ1) is 16.8. The van der Waals surface area contributed by atoms with E-state index in [4.69, 9.17) is 10.9 Å². The average molecular weight is 299 g/mol. The van der Waals surface area contributed by atoms with Gasteiger partial charge in [-0.25, -0.2) is 13.6 Å². The van der Waals surface area contributed by atoms with Crippen molar-refractivity contribution in [3.8, 4) is 0 Å². The van der Waals surface area contributed by atoms with Crippen LogP contribution in [0.15, 0.2) is 23.1 Å². The van der Waals surface area contributed by atoms with Crippen LogP contribution < -0.4 is 16.2 Å². The van der Waals surface area contributed by atoms with Gasteiger partial charge in [0.15, 0.2) is 0 Å². The van der Waals surface area contributed by atoms with Crippen LogP contribution in [0, 0.1) is 0 Å². The van der Waals surface area contributed by atoms with Crippen molar-refractivity contribution in [2.75, 3.05) is 11.1 Å². The van der Waals surface area contributed by atoms with Gasteiger partial charge in [0, 0.05) is 11.7 Å². The Bertz CT molecular complexity index is 529. The van der Waals surface area contributed by atoms with Crippen LogP contribution >= 0.6 is 0 Å². The highest BCUT2D eigenvalue weighted by Crippen LogP contribution is 2.25. The average Bonchev–Trinajstić information content (AvgIpc) is 2.37. The number of unbranched alkanes of at least 4 members (excludes halogenated alkanes) is 1. The SMILES string of the molecule is CCCCC(CCC)Nc1ccc(N)cc1S(N)(=O)=O. The van der Waals surface area contributed by atoms with Crippen LogP contribution in [0.4, 0.5) is 11.4 Å². The number of nitrogen functional groups attached to an aromatic ring is 1. The Hall–Kier alpha value is -1.27. The predicted octanol–water partition coefficient (Wildman–Crippen LogP) is 2.69. The van der Waals surface area contributed by atoms with Crippen LogP contribution in [-0.4, -0.2) is 14.5 Å². The molecule has 0 amide bonds. The molecule has 0 aliphatic rings. The van der Waals surface area contributed by atoms with Crippen LogP contribution in [0.5, 0.6) is 0 Å².